The van der Waals surface area contributed by atoms with Gasteiger partial charge in [-0.05, 0) is 10.4 Å². The number of carboxylic acid groups (broad SMARTS) is 1. The van der Waals surface area contributed by atoms with Crippen LogP contribution in [0.15, 0.2) is 11.6 Å². The molecule has 0 aliphatic carbocycles. The van der Waals surface area contributed by atoms with E-state index in [4.69, 9.17) is 5.11 Å². The van der Waals surface area contributed by atoms with E-state index in [2.05, 4.69) is 25.8 Å². The zero-order valence-corrected chi connectivity index (χ0v) is 10.5. The zero-order chi connectivity index (χ0) is 13.7. The van der Waals surface area contributed by atoms with Crippen molar-refractivity contribution >= 4 is 28.3 Å². The largest absolute Gasteiger partial charge is 0.481 e. The Labute approximate surface area is 111 Å². The van der Waals surface area contributed by atoms with Crippen molar-refractivity contribution in [2.45, 2.75) is 19.4 Å². The maximum atomic E-state index is 11.7. The van der Waals surface area contributed by atoms with Crippen LogP contribution in [0.4, 0.5) is 5.13 Å². The number of aromatic nitrogens is 5. The fourth-order valence-electron chi connectivity index (χ4n) is 1.32. The van der Waals surface area contributed by atoms with Gasteiger partial charge in [0, 0.05) is 18.0 Å². The second kappa shape index (κ2) is 6.00. The third-order valence-electron chi connectivity index (χ3n) is 2.14. The van der Waals surface area contributed by atoms with Crippen LogP contribution in [0.5, 0.6) is 0 Å². The number of carboxylic acids is 1. The van der Waals surface area contributed by atoms with Crippen molar-refractivity contribution in [2.24, 2.45) is 0 Å². The molecular formula is C9H10N6O3S. The second-order valence-electron chi connectivity index (χ2n) is 3.53. The van der Waals surface area contributed by atoms with Crippen LogP contribution in [-0.4, -0.2) is 42.2 Å². The first-order valence-corrected chi connectivity index (χ1v) is 6.19. The Morgan fingerprint density at radius 3 is 3.00 bits per heavy atom. The monoisotopic (exact) mass is 282 g/mol. The van der Waals surface area contributed by atoms with E-state index in [0.29, 0.717) is 11.0 Å². The fraction of sp³-hybridized carbons (Fsp3) is 0.333. The highest BCUT2D eigenvalue weighted by Gasteiger charge is 2.12. The SMILES string of the molecule is O=C(O)CCc1nnnn1CC(=O)Nc1nccs1. The van der Waals surface area contributed by atoms with Gasteiger partial charge in [0.2, 0.25) is 5.91 Å². The van der Waals surface area contributed by atoms with E-state index < -0.39 is 5.97 Å². The number of amides is 1. The highest BCUT2D eigenvalue weighted by atomic mass is 32.1. The maximum Gasteiger partial charge on any atom is 0.303 e. The van der Waals surface area contributed by atoms with E-state index in [1.807, 2.05) is 0 Å². The lowest BCUT2D eigenvalue weighted by atomic mass is 10.3. The van der Waals surface area contributed by atoms with Gasteiger partial charge in [-0.3, -0.25) is 9.59 Å². The predicted molar refractivity (Wildman–Crippen MR) is 64.5 cm³/mol. The molecule has 19 heavy (non-hydrogen) atoms. The molecule has 0 aliphatic heterocycles. The number of carbonyl (C=O) groups excluding carboxylic acids is 1. The summed E-state index contributed by atoms with van der Waals surface area (Å²) >= 11 is 1.30. The number of nitrogens with zero attached hydrogens (tertiary/aromatic N) is 5. The first-order valence-electron chi connectivity index (χ1n) is 5.31. The Morgan fingerprint density at radius 1 is 1.47 bits per heavy atom. The number of tetrazole rings is 1. The van der Waals surface area contributed by atoms with Gasteiger partial charge in [-0.25, -0.2) is 9.67 Å². The Morgan fingerprint density at radius 2 is 2.32 bits per heavy atom. The fourth-order valence-corrected chi connectivity index (χ4v) is 1.87. The number of anilines is 1. The molecule has 0 fully saturated rings. The minimum absolute atomic E-state index is 0.0818. The van der Waals surface area contributed by atoms with Crippen molar-refractivity contribution in [2.75, 3.05) is 5.32 Å². The van der Waals surface area contributed by atoms with E-state index >= 15 is 0 Å². The summed E-state index contributed by atoms with van der Waals surface area (Å²) in [5.41, 5.74) is 0. The number of aliphatic carboxylic acids is 1. The van der Waals surface area contributed by atoms with Crippen LogP contribution in [0.2, 0.25) is 0 Å². The van der Waals surface area contributed by atoms with E-state index in [9.17, 15) is 9.59 Å². The Balaban J connectivity index is 1.93. The van der Waals surface area contributed by atoms with E-state index in [1.165, 1.54) is 16.0 Å². The molecule has 100 valence electrons. The average molecular weight is 282 g/mol. The number of carbonyl (C=O) groups is 2. The summed E-state index contributed by atoms with van der Waals surface area (Å²) in [6.07, 6.45) is 1.66. The predicted octanol–water partition coefficient (Wildman–Crippen LogP) is -0.215. The molecule has 2 rings (SSSR count). The summed E-state index contributed by atoms with van der Waals surface area (Å²) in [6, 6.07) is 0. The van der Waals surface area contributed by atoms with Gasteiger partial charge in [0.25, 0.3) is 0 Å². The molecule has 0 saturated carbocycles. The van der Waals surface area contributed by atoms with Crippen LogP contribution in [0, 0.1) is 0 Å². The Bertz CT molecular complexity index is 566. The normalized spacial score (nSPS) is 10.3. The van der Waals surface area contributed by atoms with E-state index in [0.717, 1.165) is 0 Å². The van der Waals surface area contributed by atoms with Crippen LogP contribution in [0.3, 0.4) is 0 Å². The quantitative estimate of drug-likeness (QED) is 0.751. The molecule has 0 aliphatic rings. The molecule has 2 heterocycles. The van der Waals surface area contributed by atoms with Crippen LogP contribution in [0.25, 0.3) is 0 Å². The van der Waals surface area contributed by atoms with Gasteiger partial charge in [-0.15, -0.1) is 16.4 Å². The van der Waals surface area contributed by atoms with Crippen LogP contribution in [0.1, 0.15) is 12.2 Å². The molecule has 9 nitrogen and oxygen atoms in total. The van der Waals surface area contributed by atoms with Crippen molar-refractivity contribution in [3.8, 4) is 0 Å². The third kappa shape index (κ3) is 3.81. The average Bonchev–Trinajstić information content (AvgIpc) is 2.98. The maximum absolute atomic E-state index is 11.7. The van der Waals surface area contributed by atoms with Crippen molar-refractivity contribution < 1.29 is 14.7 Å². The summed E-state index contributed by atoms with van der Waals surface area (Å²) in [6.45, 7) is -0.0818. The molecule has 0 bridgehead atoms. The smallest absolute Gasteiger partial charge is 0.303 e. The second-order valence-corrected chi connectivity index (χ2v) is 4.43. The molecule has 1 amide bonds. The first kappa shape index (κ1) is 13.1. The lowest BCUT2D eigenvalue weighted by Crippen LogP contribution is -2.21. The molecule has 2 aromatic rings. The van der Waals surface area contributed by atoms with Crippen molar-refractivity contribution in [1.82, 2.24) is 25.2 Å². The van der Waals surface area contributed by atoms with Gasteiger partial charge >= 0.3 is 5.97 Å². The molecule has 2 N–H and O–H groups in total. The molecule has 0 spiro atoms. The summed E-state index contributed by atoms with van der Waals surface area (Å²) in [5, 5.41) is 24.2. The molecule has 0 radical (unpaired) electrons. The number of hydrogen-bond acceptors (Lipinski definition) is 7. The standard InChI is InChI=1S/C9H10N6O3S/c16-7(11-9-10-3-4-19-9)5-15-6(12-13-14-15)1-2-8(17)18/h3-4H,1-2,5H2,(H,17,18)(H,10,11,16). The minimum atomic E-state index is -0.943. The highest BCUT2D eigenvalue weighted by molar-refractivity contribution is 7.13. The van der Waals surface area contributed by atoms with Gasteiger partial charge in [0.15, 0.2) is 11.0 Å². The molecule has 0 unspecified atom stereocenters. The molecule has 10 heteroatoms. The lowest BCUT2D eigenvalue weighted by Gasteiger charge is -2.03. The minimum Gasteiger partial charge on any atom is -0.481 e. The van der Waals surface area contributed by atoms with E-state index in [-0.39, 0.29) is 25.3 Å². The Kier molecular flexibility index (Phi) is 4.13. The van der Waals surface area contributed by atoms with Gasteiger partial charge in [0.1, 0.15) is 6.54 Å². The third-order valence-corrected chi connectivity index (χ3v) is 2.83. The molecule has 0 atom stereocenters. The van der Waals surface area contributed by atoms with Crippen LogP contribution >= 0.6 is 11.3 Å². The Hall–Kier alpha value is -2.36. The summed E-state index contributed by atoms with van der Waals surface area (Å²) in [5.74, 6) is -0.905. The summed E-state index contributed by atoms with van der Waals surface area (Å²) in [4.78, 5) is 26.1. The van der Waals surface area contributed by atoms with Crippen LogP contribution in [-0.2, 0) is 22.6 Å². The first-order chi connectivity index (χ1) is 9.15. The molecule has 0 saturated heterocycles. The number of hydrogen-bond donors (Lipinski definition) is 2. The highest BCUT2D eigenvalue weighted by Crippen LogP contribution is 2.10. The van der Waals surface area contributed by atoms with Crippen molar-refractivity contribution in [1.29, 1.82) is 0 Å². The summed E-state index contributed by atoms with van der Waals surface area (Å²) in [7, 11) is 0. The number of thiazole rings is 1. The number of nitrogens with one attached hydrogen (secondary N) is 1. The van der Waals surface area contributed by atoms with Crippen molar-refractivity contribution in [3.05, 3.63) is 17.4 Å². The number of rotatable bonds is 6. The van der Waals surface area contributed by atoms with Gasteiger partial charge < -0.3 is 10.4 Å². The van der Waals surface area contributed by atoms with Gasteiger partial charge in [-0.2, -0.15) is 0 Å². The van der Waals surface area contributed by atoms with Crippen LogP contribution < -0.4 is 5.32 Å². The molecular weight excluding hydrogens is 272 g/mol. The molecule has 0 aromatic carbocycles. The van der Waals surface area contributed by atoms with Gasteiger partial charge in [-0.1, -0.05) is 0 Å². The van der Waals surface area contributed by atoms with Gasteiger partial charge in [0.05, 0.1) is 6.42 Å². The number of aryl methyl sites for hydroxylation is 1. The molecule has 2 aromatic heterocycles. The van der Waals surface area contributed by atoms with Crippen molar-refractivity contribution in [3.63, 3.8) is 0 Å². The zero-order valence-electron chi connectivity index (χ0n) is 9.68. The summed E-state index contributed by atoms with van der Waals surface area (Å²) < 4.78 is 1.27. The topological polar surface area (TPSA) is 123 Å². The van der Waals surface area contributed by atoms with E-state index in [1.54, 1.807) is 11.6 Å². The lowest BCUT2D eigenvalue weighted by molar-refractivity contribution is -0.137.